The van der Waals surface area contributed by atoms with Gasteiger partial charge in [-0.3, -0.25) is 9.89 Å². The molecule has 2 aromatic rings. The van der Waals surface area contributed by atoms with Crippen molar-refractivity contribution >= 4 is 5.91 Å². The van der Waals surface area contributed by atoms with Crippen molar-refractivity contribution in [2.45, 2.75) is 52.6 Å². The highest BCUT2D eigenvalue weighted by atomic mass is 19.1. The van der Waals surface area contributed by atoms with E-state index in [0.29, 0.717) is 44.5 Å². The number of amides is 1. The molecule has 7 nitrogen and oxygen atoms in total. The predicted octanol–water partition coefficient (Wildman–Crippen LogP) is 2.13. The van der Waals surface area contributed by atoms with E-state index in [1.54, 1.807) is 4.90 Å². The molecule has 1 aliphatic rings. The molecule has 26 heavy (non-hydrogen) atoms. The Morgan fingerprint density at radius 1 is 1.42 bits per heavy atom. The third-order valence-electron chi connectivity index (χ3n) is 4.81. The van der Waals surface area contributed by atoms with Gasteiger partial charge in [-0.25, -0.2) is 4.98 Å². The number of hydrogen-bond donors (Lipinski definition) is 1. The van der Waals surface area contributed by atoms with Crippen molar-refractivity contribution in [1.29, 1.82) is 0 Å². The molecule has 0 unspecified atom stereocenters. The van der Waals surface area contributed by atoms with Crippen molar-refractivity contribution in [2.24, 2.45) is 0 Å². The molecule has 1 aliphatic heterocycles. The first-order chi connectivity index (χ1) is 12.5. The standard InChI is InChI=1S/C18H24FN5O2/c1-4-15-17(19)18(21-10-20-15)26-13-7-8-24(9-13)16(25)6-5-14-11(2)22-23-12(14)3/h10,13H,4-9H2,1-3H3,(H,22,23)/t13-/m1/s1. The highest BCUT2D eigenvalue weighted by molar-refractivity contribution is 5.76. The van der Waals surface area contributed by atoms with Gasteiger partial charge in [0, 0.05) is 25.1 Å². The second-order valence-corrected chi connectivity index (χ2v) is 6.57. The lowest BCUT2D eigenvalue weighted by Crippen LogP contribution is -2.31. The van der Waals surface area contributed by atoms with E-state index in [0.717, 1.165) is 17.0 Å². The molecule has 140 valence electrons. The highest BCUT2D eigenvalue weighted by Crippen LogP contribution is 2.22. The summed E-state index contributed by atoms with van der Waals surface area (Å²) >= 11 is 0. The Morgan fingerprint density at radius 2 is 2.23 bits per heavy atom. The Bertz CT molecular complexity index is 772. The van der Waals surface area contributed by atoms with E-state index in [2.05, 4.69) is 20.2 Å². The topological polar surface area (TPSA) is 84.0 Å². The number of aromatic amines is 1. The van der Waals surface area contributed by atoms with Gasteiger partial charge in [-0.2, -0.15) is 14.5 Å². The van der Waals surface area contributed by atoms with Gasteiger partial charge < -0.3 is 9.64 Å². The van der Waals surface area contributed by atoms with Crippen molar-refractivity contribution in [3.05, 3.63) is 34.8 Å². The van der Waals surface area contributed by atoms with Crippen molar-refractivity contribution < 1.29 is 13.9 Å². The molecule has 0 bridgehead atoms. The minimum absolute atomic E-state index is 0.0270. The molecule has 3 rings (SSSR count). The van der Waals surface area contributed by atoms with Crippen molar-refractivity contribution in [2.75, 3.05) is 13.1 Å². The average molecular weight is 361 g/mol. The lowest BCUT2D eigenvalue weighted by atomic mass is 10.1. The molecule has 0 aromatic carbocycles. The fraction of sp³-hybridized carbons (Fsp3) is 0.556. The fourth-order valence-corrected chi connectivity index (χ4v) is 3.26. The third kappa shape index (κ3) is 3.84. The number of halogens is 1. The summed E-state index contributed by atoms with van der Waals surface area (Å²) in [5.74, 6) is -0.458. The molecular weight excluding hydrogens is 337 g/mol. The molecule has 1 N–H and O–H groups in total. The van der Waals surface area contributed by atoms with Gasteiger partial charge in [-0.1, -0.05) is 6.92 Å². The van der Waals surface area contributed by atoms with Gasteiger partial charge in [0.1, 0.15) is 12.4 Å². The quantitative estimate of drug-likeness (QED) is 0.852. The van der Waals surface area contributed by atoms with Crippen molar-refractivity contribution in [3.8, 4) is 5.88 Å². The summed E-state index contributed by atoms with van der Waals surface area (Å²) in [6, 6.07) is 0. The number of rotatable bonds is 6. The molecule has 1 saturated heterocycles. The largest absolute Gasteiger partial charge is 0.470 e. The number of hydrogen-bond acceptors (Lipinski definition) is 5. The second-order valence-electron chi connectivity index (χ2n) is 6.57. The second kappa shape index (κ2) is 7.80. The SMILES string of the molecule is CCc1ncnc(O[C@@H]2CCN(C(=O)CCc3c(C)n[nH]c3C)C2)c1F. The first kappa shape index (κ1) is 18.3. The van der Waals surface area contributed by atoms with Crippen LogP contribution >= 0.6 is 0 Å². The van der Waals surface area contributed by atoms with Crippen LogP contribution < -0.4 is 4.74 Å². The molecule has 1 fully saturated rings. The zero-order valence-electron chi connectivity index (χ0n) is 15.4. The molecule has 3 heterocycles. The third-order valence-corrected chi connectivity index (χ3v) is 4.81. The number of aromatic nitrogens is 4. The number of H-pyrrole nitrogens is 1. The number of aryl methyl sites for hydroxylation is 3. The van der Waals surface area contributed by atoms with E-state index in [-0.39, 0.29) is 17.9 Å². The van der Waals surface area contributed by atoms with E-state index < -0.39 is 5.82 Å². The first-order valence-electron chi connectivity index (χ1n) is 8.93. The number of carbonyl (C=O) groups is 1. The van der Waals surface area contributed by atoms with Crippen LogP contribution in [0.4, 0.5) is 4.39 Å². The summed E-state index contributed by atoms with van der Waals surface area (Å²) in [5, 5.41) is 7.09. The zero-order chi connectivity index (χ0) is 18.7. The average Bonchev–Trinajstić information content (AvgIpc) is 3.22. The number of nitrogens with zero attached hydrogens (tertiary/aromatic N) is 4. The maximum atomic E-state index is 14.2. The molecule has 8 heteroatoms. The Hall–Kier alpha value is -2.51. The molecule has 2 aromatic heterocycles. The fourth-order valence-electron chi connectivity index (χ4n) is 3.26. The molecule has 1 amide bonds. The zero-order valence-corrected chi connectivity index (χ0v) is 15.4. The molecule has 0 radical (unpaired) electrons. The molecule has 0 aliphatic carbocycles. The summed E-state index contributed by atoms with van der Waals surface area (Å²) in [6.45, 7) is 6.78. The monoisotopic (exact) mass is 361 g/mol. The summed E-state index contributed by atoms with van der Waals surface area (Å²) in [6.07, 6.45) is 3.30. The number of ether oxygens (including phenoxy) is 1. The van der Waals surface area contributed by atoms with Gasteiger partial charge in [0.15, 0.2) is 0 Å². The van der Waals surface area contributed by atoms with Crippen LogP contribution in [0.25, 0.3) is 0 Å². The van der Waals surface area contributed by atoms with Gasteiger partial charge in [0.2, 0.25) is 11.7 Å². The summed E-state index contributed by atoms with van der Waals surface area (Å²) in [4.78, 5) is 22.0. The Labute approximate surface area is 152 Å². The van der Waals surface area contributed by atoms with Gasteiger partial charge in [-0.15, -0.1) is 0 Å². The Balaban J connectivity index is 1.54. The summed E-state index contributed by atoms with van der Waals surface area (Å²) in [7, 11) is 0. The highest BCUT2D eigenvalue weighted by Gasteiger charge is 2.29. The van der Waals surface area contributed by atoms with Crippen LogP contribution in [0.5, 0.6) is 5.88 Å². The number of carbonyl (C=O) groups excluding carboxylic acids is 1. The lowest BCUT2D eigenvalue weighted by Gasteiger charge is -2.17. The summed E-state index contributed by atoms with van der Waals surface area (Å²) in [5.41, 5.74) is 3.38. The van der Waals surface area contributed by atoms with Gasteiger partial charge in [0.25, 0.3) is 5.88 Å². The first-order valence-corrected chi connectivity index (χ1v) is 8.93. The minimum Gasteiger partial charge on any atom is -0.470 e. The van der Waals surface area contributed by atoms with E-state index in [1.165, 1.54) is 6.33 Å². The van der Waals surface area contributed by atoms with E-state index in [4.69, 9.17) is 4.74 Å². The van der Waals surface area contributed by atoms with Crippen molar-refractivity contribution in [1.82, 2.24) is 25.1 Å². The van der Waals surface area contributed by atoms with Gasteiger partial charge in [-0.05, 0) is 32.3 Å². The maximum Gasteiger partial charge on any atom is 0.254 e. The van der Waals surface area contributed by atoms with Crippen molar-refractivity contribution in [3.63, 3.8) is 0 Å². The molecule has 1 atom stereocenters. The van der Waals surface area contributed by atoms with Gasteiger partial charge >= 0.3 is 0 Å². The minimum atomic E-state index is -0.509. The lowest BCUT2D eigenvalue weighted by molar-refractivity contribution is -0.130. The Kier molecular flexibility index (Phi) is 5.49. The van der Waals surface area contributed by atoms with E-state index in [9.17, 15) is 9.18 Å². The molecule has 0 saturated carbocycles. The smallest absolute Gasteiger partial charge is 0.254 e. The van der Waals surface area contributed by atoms with Crippen LogP contribution in [0, 0.1) is 19.7 Å². The van der Waals surface area contributed by atoms with Gasteiger partial charge in [0.05, 0.1) is 17.9 Å². The van der Waals surface area contributed by atoms with E-state index in [1.807, 2.05) is 20.8 Å². The van der Waals surface area contributed by atoms with Crippen LogP contribution in [0.1, 0.15) is 42.4 Å². The normalized spacial score (nSPS) is 16.9. The number of nitrogens with one attached hydrogen (secondary N) is 1. The van der Waals surface area contributed by atoms with E-state index >= 15 is 0 Å². The van der Waals surface area contributed by atoms with Crippen LogP contribution in [0.15, 0.2) is 6.33 Å². The van der Waals surface area contributed by atoms with Crippen LogP contribution in [-0.2, 0) is 17.6 Å². The van der Waals surface area contributed by atoms with Crippen LogP contribution in [0.2, 0.25) is 0 Å². The maximum absolute atomic E-state index is 14.2. The van der Waals surface area contributed by atoms with Crippen LogP contribution in [0.3, 0.4) is 0 Å². The van der Waals surface area contributed by atoms with Crippen LogP contribution in [-0.4, -0.2) is 50.2 Å². The Morgan fingerprint density at radius 3 is 2.92 bits per heavy atom. The number of likely N-dealkylation sites (tertiary alicyclic amines) is 1. The summed E-state index contributed by atoms with van der Waals surface area (Å²) < 4.78 is 19.9. The predicted molar refractivity (Wildman–Crippen MR) is 93.4 cm³/mol. The molecular formula is C18H24FN5O2. The molecule has 0 spiro atoms.